The maximum absolute atomic E-state index is 12.7. The lowest BCUT2D eigenvalue weighted by Crippen LogP contribution is -2.45. The van der Waals surface area contributed by atoms with E-state index in [1.165, 1.54) is 0 Å². The van der Waals surface area contributed by atoms with E-state index in [2.05, 4.69) is 9.97 Å². The Balaban J connectivity index is 1.34. The van der Waals surface area contributed by atoms with Gasteiger partial charge >= 0.3 is 5.69 Å². The van der Waals surface area contributed by atoms with Crippen LogP contribution in [0.3, 0.4) is 0 Å². The average molecular weight is 379 g/mol. The molecule has 6 heteroatoms. The number of benzene rings is 2. The first-order valence-corrected chi connectivity index (χ1v) is 9.77. The Labute approximate surface area is 163 Å². The second kappa shape index (κ2) is 8.02. The summed E-state index contributed by atoms with van der Waals surface area (Å²) >= 11 is 0. The molecule has 146 valence electrons. The standard InChI is InChI=1S/C22H25N3O3/c1-15-13-25(14-20(28-15)17-7-3-2-4-8-17)21(26)9-5-6-16-10-11-18-19(12-16)24-22(27)23-18/h2-4,7-8,10-12,15,20H,5-6,9,13-14H2,1H3,(H2,23,24,27)/t15-,20-/m1/s1. The fraction of sp³-hybridized carbons (Fsp3) is 0.364. The predicted octanol–water partition coefficient (Wildman–Crippen LogP) is 3.17. The van der Waals surface area contributed by atoms with E-state index in [9.17, 15) is 9.59 Å². The van der Waals surface area contributed by atoms with Crippen LogP contribution in [-0.2, 0) is 16.0 Å². The summed E-state index contributed by atoms with van der Waals surface area (Å²) in [5.74, 6) is 0.173. The SMILES string of the molecule is C[C@@H]1CN(C(=O)CCCc2ccc3[nH]c(=O)[nH]c3c2)C[C@H](c2ccccc2)O1. The summed E-state index contributed by atoms with van der Waals surface area (Å²) in [6.45, 7) is 3.25. The number of carbonyl (C=O) groups is 1. The minimum absolute atomic E-state index is 0.0238. The highest BCUT2D eigenvalue weighted by atomic mass is 16.5. The van der Waals surface area contributed by atoms with Gasteiger partial charge in [0.1, 0.15) is 6.10 Å². The van der Waals surface area contributed by atoms with E-state index in [0.717, 1.165) is 35.0 Å². The van der Waals surface area contributed by atoms with Crippen LogP contribution in [0, 0.1) is 0 Å². The van der Waals surface area contributed by atoms with Gasteiger partial charge in [-0.05, 0) is 43.0 Å². The van der Waals surface area contributed by atoms with Crippen molar-refractivity contribution in [1.82, 2.24) is 14.9 Å². The first kappa shape index (κ1) is 18.5. The average Bonchev–Trinajstić information content (AvgIpc) is 3.07. The molecule has 0 bridgehead atoms. The number of nitrogens with zero attached hydrogens (tertiary/aromatic N) is 1. The molecular weight excluding hydrogens is 354 g/mol. The molecule has 0 saturated carbocycles. The molecule has 1 saturated heterocycles. The van der Waals surface area contributed by atoms with Crippen molar-refractivity contribution in [3.05, 3.63) is 70.1 Å². The van der Waals surface area contributed by atoms with E-state index in [0.29, 0.717) is 19.5 Å². The van der Waals surface area contributed by atoms with E-state index in [4.69, 9.17) is 4.74 Å². The normalized spacial score (nSPS) is 19.8. The number of H-pyrrole nitrogens is 2. The number of morpholine rings is 1. The number of amides is 1. The van der Waals surface area contributed by atoms with Crippen LogP contribution in [0.2, 0.25) is 0 Å². The molecule has 2 heterocycles. The van der Waals surface area contributed by atoms with Crippen molar-refractivity contribution in [3.8, 4) is 0 Å². The molecule has 1 aliphatic heterocycles. The maximum atomic E-state index is 12.7. The molecule has 4 rings (SSSR count). The third-order valence-corrected chi connectivity index (χ3v) is 5.22. The Kier molecular flexibility index (Phi) is 5.30. The van der Waals surface area contributed by atoms with Gasteiger partial charge in [0.25, 0.3) is 0 Å². The fourth-order valence-electron chi connectivity index (χ4n) is 3.84. The molecule has 0 unspecified atom stereocenters. The van der Waals surface area contributed by atoms with Gasteiger partial charge < -0.3 is 19.6 Å². The van der Waals surface area contributed by atoms with Gasteiger partial charge in [0.15, 0.2) is 0 Å². The smallest absolute Gasteiger partial charge is 0.323 e. The van der Waals surface area contributed by atoms with Gasteiger partial charge in [0.2, 0.25) is 5.91 Å². The van der Waals surface area contributed by atoms with Gasteiger partial charge in [-0.1, -0.05) is 36.4 Å². The number of hydrogen-bond acceptors (Lipinski definition) is 3. The number of nitrogens with one attached hydrogen (secondary N) is 2. The fourth-order valence-corrected chi connectivity index (χ4v) is 3.84. The lowest BCUT2D eigenvalue weighted by Gasteiger charge is -2.37. The highest BCUT2D eigenvalue weighted by Gasteiger charge is 2.28. The van der Waals surface area contributed by atoms with E-state index in [1.807, 2.05) is 60.4 Å². The van der Waals surface area contributed by atoms with Crippen LogP contribution < -0.4 is 5.69 Å². The summed E-state index contributed by atoms with van der Waals surface area (Å²) in [6.07, 6.45) is 2.05. The zero-order chi connectivity index (χ0) is 19.5. The quantitative estimate of drug-likeness (QED) is 0.715. The Morgan fingerprint density at radius 2 is 1.89 bits per heavy atom. The third kappa shape index (κ3) is 4.17. The van der Waals surface area contributed by atoms with Crippen LogP contribution in [0.4, 0.5) is 0 Å². The second-order valence-corrected chi connectivity index (χ2v) is 7.46. The van der Waals surface area contributed by atoms with E-state index in [1.54, 1.807) is 0 Å². The molecule has 1 fully saturated rings. The molecule has 0 radical (unpaired) electrons. The summed E-state index contributed by atoms with van der Waals surface area (Å²) in [6, 6.07) is 16.0. The molecule has 28 heavy (non-hydrogen) atoms. The lowest BCUT2D eigenvalue weighted by atomic mass is 10.0. The number of aromatic amines is 2. The van der Waals surface area contributed by atoms with Crippen LogP contribution in [0.25, 0.3) is 11.0 Å². The van der Waals surface area contributed by atoms with Crippen LogP contribution >= 0.6 is 0 Å². The first-order valence-electron chi connectivity index (χ1n) is 9.77. The highest BCUT2D eigenvalue weighted by molar-refractivity contribution is 5.77. The van der Waals surface area contributed by atoms with E-state index < -0.39 is 0 Å². The molecule has 6 nitrogen and oxygen atoms in total. The van der Waals surface area contributed by atoms with Crippen molar-refractivity contribution in [2.75, 3.05) is 13.1 Å². The van der Waals surface area contributed by atoms with Crippen molar-refractivity contribution >= 4 is 16.9 Å². The van der Waals surface area contributed by atoms with Crippen molar-refractivity contribution in [2.45, 2.75) is 38.4 Å². The number of ether oxygens (including phenoxy) is 1. The number of imidazole rings is 1. The molecule has 1 aliphatic rings. The summed E-state index contributed by atoms with van der Waals surface area (Å²) in [4.78, 5) is 31.6. The lowest BCUT2D eigenvalue weighted by molar-refractivity contribution is -0.145. The molecule has 2 atom stereocenters. The van der Waals surface area contributed by atoms with Crippen LogP contribution in [0.1, 0.15) is 37.0 Å². The van der Waals surface area contributed by atoms with Crippen molar-refractivity contribution in [1.29, 1.82) is 0 Å². The predicted molar refractivity (Wildman–Crippen MR) is 108 cm³/mol. The zero-order valence-corrected chi connectivity index (χ0v) is 16.0. The molecule has 2 aromatic carbocycles. The van der Waals surface area contributed by atoms with Gasteiger partial charge in [-0.2, -0.15) is 0 Å². The number of aryl methyl sites for hydroxylation is 1. The zero-order valence-electron chi connectivity index (χ0n) is 16.0. The summed E-state index contributed by atoms with van der Waals surface area (Å²) in [5.41, 5.74) is 3.64. The van der Waals surface area contributed by atoms with Crippen molar-refractivity contribution in [2.24, 2.45) is 0 Å². The van der Waals surface area contributed by atoms with Crippen molar-refractivity contribution < 1.29 is 9.53 Å². The largest absolute Gasteiger partial charge is 0.367 e. The third-order valence-electron chi connectivity index (χ3n) is 5.22. The number of rotatable bonds is 5. The topological polar surface area (TPSA) is 78.2 Å². The summed E-state index contributed by atoms with van der Waals surface area (Å²) in [5, 5.41) is 0. The number of hydrogen-bond donors (Lipinski definition) is 2. The highest BCUT2D eigenvalue weighted by Crippen LogP contribution is 2.25. The van der Waals surface area contributed by atoms with Crippen LogP contribution in [-0.4, -0.2) is 40.0 Å². The molecule has 0 aliphatic carbocycles. The Morgan fingerprint density at radius 1 is 1.11 bits per heavy atom. The molecular formula is C22H25N3O3. The monoisotopic (exact) mass is 379 g/mol. The molecule has 0 spiro atoms. The van der Waals surface area contributed by atoms with Crippen LogP contribution in [0.15, 0.2) is 53.3 Å². The maximum Gasteiger partial charge on any atom is 0.323 e. The van der Waals surface area contributed by atoms with Gasteiger partial charge in [-0.3, -0.25) is 4.79 Å². The second-order valence-electron chi connectivity index (χ2n) is 7.46. The Bertz CT molecular complexity index is 1010. The van der Waals surface area contributed by atoms with E-state index in [-0.39, 0.29) is 23.8 Å². The van der Waals surface area contributed by atoms with Gasteiger partial charge in [0.05, 0.1) is 23.7 Å². The van der Waals surface area contributed by atoms with Gasteiger partial charge in [0, 0.05) is 13.0 Å². The molecule has 1 amide bonds. The van der Waals surface area contributed by atoms with Gasteiger partial charge in [-0.25, -0.2) is 4.79 Å². The first-order chi connectivity index (χ1) is 13.6. The van der Waals surface area contributed by atoms with E-state index >= 15 is 0 Å². The molecule has 1 aromatic heterocycles. The number of carbonyl (C=O) groups excluding carboxylic acids is 1. The minimum Gasteiger partial charge on any atom is -0.367 e. The number of fused-ring (bicyclic) bond motifs is 1. The van der Waals surface area contributed by atoms with Crippen molar-refractivity contribution in [3.63, 3.8) is 0 Å². The number of aromatic nitrogens is 2. The molecule has 2 N–H and O–H groups in total. The summed E-state index contributed by atoms with van der Waals surface area (Å²) in [7, 11) is 0. The van der Waals surface area contributed by atoms with Crippen LogP contribution in [0.5, 0.6) is 0 Å². The summed E-state index contributed by atoms with van der Waals surface area (Å²) < 4.78 is 6.04. The molecule has 3 aromatic rings. The Hall–Kier alpha value is -2.86. The minimum atomic E-state index is -0.197. The Morgan fingerprint density at radius 3 is 2.71 bits per heavy atom. The van der Waals surface area contributed by atoms with Gasteiger partial charge in [-0.15, -0.1) is 0 Å².